The van der Waals surface area contributed by atoms with E-state index in [0.717, 1.165) is 5.56 Å². The fraction of sp³-hybridized carbons (Fsp3) is 0.429. The van der Waals surface area contributed by atoms with Gasteiger partial charge in [-0.3, -0.25) is 4.79 Å². The molecule has 0 saturated carbocycles. The maximum Gasteiger partial charge on any atom is 0.152 e. The number of para-hydroxylation sites is 1. The average Bonchev–Trinajstić information content (AvgIpc) is 2.49. The zero-order valence-electron chi connectivity index (χ0n) is 15.8. The summed E-state index contributed by atoms with van der Waals surface area (Å²) >= 11 is 0. The van der Waals surface area contributed by atoms with Gasteiger partial charge >= 0.3 is 0 Å². The van der Waals surface area contributed by atoms with Crippen LogP contribution in [0.2, 0.25) is 0 Å². The molecule has 4 nitrogen and oxygen atoms in total. The molecule has 2 rings (SSSR count). The number of ketones is 1. The Balaban J connectivity index is 0.000000257. The van der Waals surface area contributed by atoms with E-state index >= 15 is 0 Å². The third-order valence-electron chi connectivity index (χ3n) is 4.65. The van der Waals surface area contributed by atoms with Crippen molar-refractivity contribution in [2.45, 2.75) is 47.5 Å². The molecule has 1 unspecified atom stereocenters. The third kappa shape index (κ3) is 5.89. The Bertz CT molecular complexity index is 699. The molecular weight excluding hydrogens is 314 g/mol. The average molecular weight is 342 g/mol. The second kappa shape index (κ2) is 8.65. The smallest absolute Gasteiger partial charge is 0.152 e. The number of benzene rings is 1. The molecule has 1 aromatic rings. The molecule has 0 aliphatic heterocycles. The molecule has 0 radical (unpaired) electrons. The van der Waals surface area contributed by atoms with E-state index < -0.39 is 5.97 Å². The van der Waals surface area contributed by atoms with Crippen LogP contribution in [-0.2, 0) is 4.79 Å². The van der Waals surface area contributed by atoms with Crippen molar-refractivity contribution in [2.24, 2.45) is 11.3 Å². The van der Waals surface area contributed by atoms with E-state index in [2.05, 4.69) is 32.9 Å². The van der Waals surface area contributed by atoms with Gasteiger partial charge in [-0.2, -0.15) is 0 Å². The predicted molar refractivity (Wildman–Crippen MR) is 100 cm³/mol. The van der Waals surface area contributed by atoms with Crippen molar-refractivity contribution < 1.29 is 14.7 Å². The maximum atomic E-state index is 10.9. The fourth-order valence-corrected chi connectivity index (χ4v) is 3.07. The number of hydrogen-bond acceptors (Lipinski definition) is 4. The number of carboxylic acids is 1. The fourth-order valence-electron chi connectivity index (χ4n) is 3.07. The summed E-state index contributed by atoms with van der Waals surface area (Å²) in [7, 11) is 0. The zero-order valence-corrected chi connectivity index (χ0v) is 15.8. The first-order valence-corrected chi connectivity index (χ1v) is 8.48. The van der Waals surface area contributed by atoms with Crippen LogP contribution >= 0.6 is 0 Å². The van der Waals surface area contributed by atoms with E-state index in [1.54, 1.807) is 32.1 Å². The highest BCUT2D eigenvalue weighted by molar-refractivity contribution is 5.92. The largest absolute Gasteiger partial charge is 0.545 e. The van der Waals surface area contributed by atoms with Crippen molar-refractivity contribution in [1.82, 2.24) is 0 Å². The molecular formula is C21H28NO3-. The maximum absolute atomic E-state index is 10.9. The van der Waals surface area contributed by atoms with E-state index in [9.17, 15) is 14.7 Å². The lowest BCUT2D eigenvalue weighted by Crippen LogP contribution is -2.26. The molecule has 0 aromatic heterocycles. The number of nitrogens with two attached hydrogens (primary N) is 1. The van der Waals surface area contributed by atoms with Crippen LogP contribution in [0.3, 0.4) is 0 Å². The highest BCUT2D eigenvalue weighted by Gasteiger charge is 2.30. The first-order chi connectivity index (χ1) is 11.6. The molecule has 2 N–H and O–H groups in total. The van der Waals surface area contributed by atoms with Gasteiger partial charge in [-0.05, 0) is 50.7 Å². The Morgan fingerprint density at radius 2 is 1.92 bits per heavy atom. The minimum absolute atomic E-state index is 0.0602. The number of nitrogen functional groups attached to an aromatic ring is 1. The number of aryl methyl sites for hydroxylation is 1. The predicted octanol–water partition coefficient (Wildman–Crippen LogP) is 3.45. The van der Waals surface area contributed by atoms with Gasteiger partial charge in [0.1, 0.15) is 0 Å². The van der Waals surface area contributed by atoms with E-state index in [1.165, 1.54) is 24.5 Å². The lowest BCUT2D eigenvalue weighted by molar-refractivity contribution is -0.254. The lowest BCUT2D eigenvalue weighted by atomic mass is 9.68. The van der Waals surface area contributed by atoms with Crippen LogP contribution in [0.1, 0.15) is 56.5 Å². The summed E-state index contributed by atoms with van der Waals surface area (Å²) in [6.07, 6.45) is 8.43. The number of carbonyl (C=O) groups excluding carboxylic acids is 2. The van der Waals surface area contributed by atoms with Crippen molar-refractivity contribution in [1.29, 1.82) is 0 Å². The Labute approximate surface area is 150 Å². The number of aromatic carboxylic acids is 1. The Kier molecular flexibility index (Phi) is 7.16. The van der Waals surface area contributed by atoms with Gasteiger partial charge in [0.05, 0.1) is 5.97 Å². The SMILES string of the molecule is CC(=O)/C=C/C1C(C)=CCCC1(C)C.Cc1cccc(C(=O)[O-])c1N. The summed E-state index contributed by atoms with van der Waals surface area (Å²) in [5, 5.41) is 10.4. The van der Waals surface area contributed by atoms with Gasteiger partial charge in [0.15, 0.2) is 5.78 Å². The Hall–Kier alpha value is -2.36. The minimum atomic E-state index is -1.23. The molecule has 1 atom stereocenters. The van der Waals surface area contributed by atoms with Gasteiger partial charge in [0.25, 0.3) is 0 Å². The number of carbonyl (C=O) groups is 2. The molecule has 25 heavy (non-hydrogen) atoms. The van der Waals surface area contributed by atoms with Crippen LogP contribution in [0.5, 0.6) is 0 Å². The second-order valence-electron chi connectivity index (χ2n) is 7.25. The highest BCUT2D eigenvalue weighted by atomic mass is 16.4. The van der Waals surface area contributed by atoms with E-state index in [1.807, 2.05) is 0 Å². The van der Waals surface area contributed by atoms with Crippen LogP contribution in [0, 0.1) is 18.3 Å². The van der Waals surface area contributed by atoms with Crippen LogP contribution in [0.15, 0.2) is 42.0 Å². The summed E-state index contributed by atoms with van der Waals surface area (Å²) in [6.45, 7) is 10.1. The van der Waals surface area contributed by atoms with E-state index in [0.29, 0.717) is 11.3 Å². The normalized spacial score (nSPS) is 18.9. The van der Waals surface area contributed by atoms with Crippen LogP contribution < -0.4 is 10.8 Å². The molecule has 0 heterocycles. The molecule has 0 spiro atoms. The minimum Gasteiger partial charge on any atom is -0.545 e. The van der Waals surface area contributed by atoms with Gasteiger partial charge in [-0.1, -0.05) is 49.8 Å². The van der Waals surface area contributed by atoms with Gasteiger partial charge in [0, 0.05) is 17.2 Å². The number of carboxylic acid groups (broad SMARTS) is 1. The highest BCUT2D eigenvalue weighted by Crippen LogP contribution is 2.41. The molecule has 1 aromatic carbocycles. The Morgan fingerprint density at radius 1 is 1.28 bits per heavy atom. The summed E-state index contributed by atoms with van der Waals surface area (Å²) < 4.78 is 0. The van der Waals surface area contributed by atoms with Gasteiger partial charge in [-0.15, -0.1) is 0 Å². The molecule has 1 aliphatic carbocycles. The molecule has 136 valence electrons. The Morgan fingerprint density at radius 3 is 2.40 bits per heavy atom. The van der Waals surface area contributed by atoms with E-state index in [-0.39, 0.29) is 17.0 Å². The monoisotopic (exact) mass is 342 g/mol. The van der Waals surface area contributed by atoms with Crippen LogP contribution in [0.4, 0.5) is 5.69 Å². The summed E-state index contributed by atoms with van der Waals surface area (Å²) in [5.41, 5.74) is 8.26. The summed E-state index contributed by atoms with van der Waals surface area (Å²) in [4.78, 5) is 21.3. The van der Waals surface area contributed by atoms with Gasteiger partial charge < -0.3 is 15.6 Å². The van der Waals surface area contributed by atoms with Crippen molar-refractivity contribution in [3.63, 3.8) is 0 Å². The molecule has 0 amide bonds. The molecule has 0 saturated heterocycles. The molecule has 4 heteroatoms. The van der Waals surface area contributed by atoms with Crippen LogP contribution in [-0.4, -0.2) is 11.8 Å². The summed E-state index contributed by atoms with van der Waals surface area (Å²) in [5.74, 6) is -0.662. The molecule has 0 bridgehead atoms. The topological polar surface area (TPSA) is 83.2 Å². The van der Waals surface area contributed by atoms with Crippen molar-refractivity contribution in [3.05, 3.63) is 53.1 Å². The number of anilines is 1. The number of rotatable bonds is 3. The molecule has 1 aliphatic rings. The standard InChI is InChI=1S/C13H20O.C8H9NO2/c1-10-6-5-9-13(3,4)12(10)8-7-11(2)14;1-5-3-2-4-6(7(5)9)8(10)11/h6-8,12H,5,9H2,1-4H3;2-4H,9H2,1H3,(H,10,11)/p-1/b8-7+;. The first-order valence-electron chi connectivity index (χ1n) is 8.48. The van der Waals surface area contributed by atoms with Gasteiger partial charge in [-0.25, -0.2) is 0 Å². The third-order valence-corrected chi connectivity index (χ3v) is 4.65. The zero-order chi connectivity index (χ0) is 19.2. The van der Waals surface area contributed by atoms with Crippen molar-refractivity contribution in [3.8, 4) is 0 Å². The quantitative estimate of drug-likeness (QED) is 0.518. The van der Waals surface area contributed by atoms with Crippen LogP contribution in [0.25, 0.3) is 0 Å². The number of hydrogen-bond donors (Lipinski definition) is 1. The van der Waals surface area contributed by atoms with E-state index in [4.69, 9.17) is 5.73 Å². The first kappa shape index (κ1) is 20.7. The van der Waals surface area contributed by atoms with Crippen molar-refractivity contribution >= 4 is 17.4 Å². The number of allylic oxidation sites excluding steroid dienone is 4. The lowest BCUT2D eigenvalue weighted by Gasteiger charge is -2.36. The van der Waals surface area contributed by atoms with Crippen molar-refractivity contribution in [2.75, 3.05) is 5.73 Å². The summed E-state index contributed by atoms with van der Waals surface area (Å²) in [6, 6.07) is 4.82. The van der Waals surface area contributed by atoms with Gasteiger partial charge in [0.2, 0.25) is 0 Å². The molecule has 0 fully saturated rings. The second-order valence-corrected chi connectivity index (χ2v) is 7.25.